The fourth-order valence-corrected chi connectivity index (χ4v) is 2.82. The van der Waals surface area contributed by atoms with E-state index in [-0.39, 0.29) is 0 Å². The largest absolute Gasteiger partial charge is 0.246 e. The molecular formula is C11H16ClN3. The van der Waals surface area contributed by atoms with Gasteiger partial charge >= 0.3 is 0 Å². The maximum atomic E-state index is 5.91. The number of nitrogens with zero attached hydrogens (tertiary/aromatic N) is 3. The first-order chi connectivity index (χ1) is 7.40. The summed E-state index contributed by atoms with van der Waals surface area (Å²) >= 11 is 5.91. The molecule has 0 amide bonds. The molecule has 0 spiro atoms. The summed E-state index contributed by atoms with van der Waals surface area (Å²) in [4.78, 5) is 0. The van der Waals surface area contributed by atoms with Crippen molar-refractivity contribution in [1.82, 2.24) is 15.0 Å². The monoisotopic (exact) mass is 225 g/mol. The van der Waals surface area contributed by atoms with Gasteiger partial charge < -0.3 is 0 Å². The molecule has 3 rings (SSSR count). The zero-order chi connectivity index (χ0) is 10.3. The lowest BCUT2D eigenvalue weighted by atomic mass is 10.2. The van der Waals surface area contributed by atoms with Crippen molar-refractivity contribution in [2.24, 2.45) is 0 Å². The van der Waals surface area contributed by atoms with E-state index in [9.17, 15) is 0 Å². The van der Waals surface area contributed by atoms with Gasteiger partial charge in [-0.2, -0.15) is 0 Å². The zero-order valence-electron chi connectivity index (χ0n) is 8.82. The number of hydrogen-bond acceptors (Lipinski definition) is 2. The highest BCUT2D eigenvalue weighted by atomic mass is 35.5. The van der Waals surface area contributed by atoms with E-state index in [1.807, 2.05) is 0 Å². The van der Waals surface area contributed by atoms with Crippen LogP contribution in [0, 0.1) is 0 Å². The standard InChI is InChI=1S/C11H16ClN3/c12-7-10-11(8-5-6-8)15(14-13-10)9-3-1-2-4-9/h8-9H,1-7H2. The Balaban J connectivity index is 1.94. The molecule has 3 nitrogen and oxygen atoms in total. The second-order valence-electron chi connectivity index (χ2n) is 4.71. The molecule has 1 aromatic rings. The van der Waals surface area contributed by atoms with Crippen molar-refractivity contribution in [2.75, 3.05) is 0 Å². The van der Waals surface area contributed by atoms with Crippen molar-refractivity contribution in [3.05, 3.63) is 11.4 Å². The van der Waals surface area contributed by atoms with Crippen molar-refractivity contribution in [1.29, 1.82) is 0 Å². The van der Waals surface area contributed by atoms with E-state index in [0.29, 0.717) is 17.8 Å². The Morgan fingerprint density at radius 3 is 2.53 bits per heavy atom. The zero-order valence-corrected chi connectivity index (χ0v) is 9.58. The minimum atomic E-state index is 0.512. The highest BCUT2D eigenvalue weighted by molar-refractivity contribution is 6.16. The Hall–Kier alpha value is -0.570. The highest BCUT2D eigenvalue weighted by Gasteiger charge is 2.33. The molecule has 4 heteroatoms. The first-order valence-corrected chi connectivity index (χ1v) is 6.43. The normalized spacial score (nSPS) is 22.5. The number of hydrogen-bond donors (Lipinski definition) is 0. The number of alkyl halides is 1. The summed E-state index contributed by atoms with van der Waals surface area (Å²) in [5.41, 5.74) is 2.36. The lowest BCUT2D eigenvalue weighted by Gasteiger charge is -2.12. The molecule has 0 bridgehead atoms. The van der Waals surface area contributed by atoms with Crippen LogP contribution in [0.4, 0.5) is 0 Å². The second kappa shape index (κ2) is 3.78. The van der Waals surface area contributed by atoms with Gasteiger partial charge in [0, 0.05) is 5.92 Å². The molecule has 0 saturated heterocycles. The highest BCUT2D eigenvalue weighted by Crippen LogP contribution is 2.43. The molecule has 82 valence electrons. The lowest BCUT2D eigenvalue weighted by Crippen LogP contribution is -2.10. The Kier molecular flexibility index (Phi) is 2.43. The van der Waals surface area contributed by atoms with Crippen molar-refractivity contribution in [3.8, 4) is 0 Å². The van der Waals surface area contributed by atoms with Crippen molar-refractivity contribution >= 4 is 11.6 Å². The fourth-order valence-electron chi connectivity index (χ4n) is 2.63. The number of rotatable bonds is 3. The molecule has 0 aliphatic heterocycles. The molecule has 2 aliphatic carbocycles. The molecule has 0 aromatic carbocycles. The van der Waals surface area contributed by atoms with Crippen LogP contribution in [0.15, 0.2) is 0 Å². The minimum Gasteiger partial charge on any atom is -0.246 e. The van der Waals surface area contributed by atoms with Gasteiger partial charge in [0.25, 0.3) is 0 Å². The van der Waals surface area contributed by atoms with Crippen LogP contribution in [0.3, 0.4) is 0 Å². The summed E-state index contributed by atoms with van der Waals surface area (Å²) in [7, 11) is 0. The molecule has 1 heterocycles. The number of aromatic nitrogens is 3. The van der Waals surface area contributed by atoms with E-state index < -0.39 is 0 Å². The molecule has 2 aliphatic rings. The van der Waals surface area contributed by atoms with Gasteiger partial charge in [0.15, 0.2) is 0 Å². The van der Waals surface area contributed by atoms with E-state index >= 15 is 0 Å². The van der Waals surface area contributed by atoms with Crippen LogP contribution in [0.1, 0.15) is 61.9 Å². The van der Waals surface area contributed by atoms with Crippen molar-refractivity contribution < 1.29 is 0 Å². The van der Waals surface area contributed by atoms with Gasteiger partial charge in [0.05, 0.1) is 17.6 Å². The third-order valence-electron chi connectivity index (χ3n) is 3.57. The summed E-state index contributed by atoms with van der Waals surface area (Å²) in [6, 6.07) is 0.602. The van der Waals surface area contributed by atoms with Gasteiger partial charge in [-0.3, -0.25) is 0 Å². The molecule has 2 fully saturated rings. The average Bonchev–Trinajstić information content (AvgIpc) is 2.83. The van der Waals surface area contributed by atoms with Crippen LogP contribution in [0.5, 0.6) is 0 Å². The minimum absolute atomic E-state index is 0.512. The van der Waals surface area contributed by atoms with Gasteiger partial charge in [0.2, 0.25) is 0 Å². The van der Waals surface area contributed by atoms with Crippen LogP contribution >= 0.6 is 11.6 Å². The lowest BCUT2D eigenvalue weighted by molar-refractivity contribution is 0.438. The summed E-state index contributed by atoms with van der Waals surface area (Å²) in [5, 5.41) is 8.53. The summed E-state index contributed by atoms with van der Waals surface area (Å²) in [5.74, 6) is 1.22. The topological polar surface area (TPSA) is 30.7 Å². The van der Waals surface area contributed by atoms with E-state index in [4.69, 9.17) is 11.6 Å². The second-order valence-corrected chi connectivity index (χ2v) is 4.98. The third-order valence-corrected chi connectivity index (χ3v) is 3.82. The first kappa shape index (κ1) is 9.64. The summed E-state index contributed by atoms with van der Waals surface area (Å²) in [6.07, 6.45) is 7.80. The predicted molar refractivity (Wildman–Crippen MR) is 59.1 cm³/mol. The average molecular weight is 226 g/mol. The molecular weight excluding hydrogens is 210 g/mol. The molecule has 2 saturated carbocycles. The molecule has 0 unspecified atom stereocenters. The predicted octanol–water partition coefficient (Wildman–Crippen LogP) is 3.01. The number of halogens is 1. The molecule has 0 N–H and O–H groups in total. The molecule has 0 radical (unpaired) electrons. The van der Waals surface area contributed by atoms with E-state index in [0.717, 1.165) is 5.69 Å². The van der Waals surface area contributed by atoms with E-state index in [1.165, 1.54) is 44.2 Å². The SMILES string of the molecule is ClCc1nnn(C2CCCC2)c1C1CC1. The van der Waals surface area contributed by atoms with Gasteiger partial charge in [0.1, 0.15) is 5.69 Å². The van der Waals surface area contributed by atoms with Gasteiger partial charge in [-0.25, -0.2) is 4.68 Å². The fraction of sp³-hybridized carbons (Fsp3) is 0.818. The van der Waals surface area contributed by atoms with E-state index in [1.54, 1.807) is 0 Å². The Morgan fingerprint density at radius 2 is 1.93 bits per heavy atom. The van der Waals surface area contributed by atoms with Gasteiger partial charge in [-0.1, -0.05) is 18.1 Å². The maximum absolute atomic E-state index is 5.91. The Bertz CT molecular complexity index is 351. The molecule has 0 atom stereocenters. The van der Waals surface area contributed by atoms with Crippen LogP contribution < -0.4 is 0 Å². The third kappa shape index (κ3) is 1.67. The quantitative estimate of drug-likeness (QED) is 0.741. The van der Waals surface area contributed by atoms with Crippen LogP contribution in [0.25, 0.3) is 0 Å². The Labute approximate surface area is 94.8 Å². The van der Waals surface area contributed by atoms with Crippen molar-refractivity contribution in [3.63, 3.8) is 0 Å². The van der Waals surface area contributed by atoms with Crippen molar-refractivity contribution in [2.45, 2.75) is 56.4 Å². The van der Waals surface area contributed by atoms with E-state index in [2.05, 4.69) is 15.0 Å². The maximum Gasteiger partial charge on any atom is 0.101 e. The van der Waals surface area contributed by atoms with Crippen LogP contribution in [-0.4, -0.2) is 15.0 Å². The molecule has 15 heavy (non-hydrogen) atoms. The van der Waals surface area contributed by atoms with Gasteiger partial charge in [-0.15, -0.1) is 16.7 Å². The summed E-state index contributed by atoms with van der Waals surface area (Å²) < 4.78 is 2.18. The first-order valence-electron chi connectivity index (χ1n) is 5.90. The summed E-state index contributed by atoms with van der Waals surface area (Å²) in [6.45, 7) is 0. The Morgan fingerprint density at radius 1 is 1.20 bits per heavy atom. The smallest absolute Gasteiger partial charge is 0.101 e. The van der Waals surface area contributed by atoms with Gasteiger partial charge in [-0.05, 0) is 25.7 Å². The van der Waals surface area contributed by atoms with Crippen LogP contribution in [0.2, 0.25) is 0 Å². The van der Waals surface area contributed by atoms with Crippen LogP contribution in [-0.2, 0) is 5.88 Å². The molecule has 1 aromatic heterocycles.